The second kappa shape index (κ2) is 38.5. The maximum absolute atomic E-state index is 15.2. The fourth-order valence-electron chi connectivity index (χ4n) is 21.3. The van der Waals surface area contributed by atoms with Gasteiger partial charge in [0.15, 0.2) is 0 Å². The van der Waals surface area contributed by atoms with Gasteiger partial charge in [0, 0.05) is 23.0 Å². The van der Waals surface area contributed by atoms with Gasteiger partial charge in [0.1, 0.15) is 12.2 Å². The van der Waals surface area contributed by atoms with Crippen molar-refractivity contribution >= 4 is 11.9 Å². The summed E-state index contributed by atoms with van der Waals surface area (Å²) in [7, 11) is 0. The minimum atomic E-state index is -0.378. The Hall–Kier alpha value is -1.32. The molecule has 0 spiro atoms. The first-order chi connectivity index (χ1) is 37.2. The van der Waals surface area contributed by atoms with E-state index in [0.717, 1.165) is 103 Å². The van der Waals surface area contributed by atoms with E-state index < -0.39 is 0 Å². The fraction of sp³-hybridized carbons (Fsp3) is 0.946. The maximum Gasteiger partial charge on any atom is 0.331 e. The van der Waals surface area contributed by atoms with Crippen molar-refractivity contribution in [3.8, 4) is 0 Å². The topological polar surface area (TPSA) is 52.6 Å². The van der Waals surface area contributed by atoms with Crippen LogP contribution in [0.5, 0.6) is 0 Å². The lowest BCUT2D eigenvalue weighted by Crippen LogP contribution is -2.65. The molecule has 0 aromatic carbocycles. The Bertz CT molecular complexity index is 1380. The van der Waals surface area contributed by atoms with Crippen molar-refractivity contribution < 1.29 is 19.1 Å². The van der Waals surface area contributed by atoms with E-state index in [4.69, 9.17) is 9.47 Å². The van der Waals surface area contributed by atoms with Crippen LogP contribution in [0.1, 0.15) is 383 Å². The Morgan fingerprint density at radius 1 is 0.269 bits per heavy atom. The molecule has 0 N–H and O–H groups in total. The van der Waals surface area contributed by atoms with E-state index in [-0.39, 0.29) is 79.3 Å². The van der Waals surface area contributed by atoms with Crippen molar-refractivity contribution in [2.75, 3.05) is 0 Å². The molecule has 0 bridgehead atoms. The van der Waals surface area contributed by atoms with Crippen LogP contribution in [0.15, 0.2) is 12.2 Å². The zero-order valence-corrected chi connectivity index (χ0v) is 57.6. The molecule has 4 heteroatoms. The molecule has 0 aliphatic rings. The average Bonchev–Trinajstić information content (AvgIpc) is 3.38. The Morgan fingerprint density at radius 3 is 0.590 bits per heavy atom. The molecular formula is C74H144O4. The van der Waals surface area contributed by atoms with Crippen LogP contribution in [-0.4, -0.2) is 24.1 Å². The molecule has 78 heavy (non-hydrogen) atoms. The summed E-state index contributed by atoms with van der Waals surface area (Å²) < 4.78 is 14.5. The summed E-state index contributed by atoms with van der Waals surface area (Å²) in [4.78, 5) is 30.3. The molecule has 0 saturated heterocycles. The molecule has 0 fully saturated rings. The first kappa shape index (κ1) is 76.7. The minimum absolute atomic E-state index is 0.0531. The van der Waals surface area contributed by atoms with Crippen LogP contribution >= 0.6 is 0 Å². The minimum Gasteiger partial charge on any atom is -0.458 e. The normalized spacial score (nSPS) is 14.5. The number of carbonyl (C=O) groups is 2. The highest BCUT2D eigenvalue weighted by Crippen LogP contribution is 2.76. The van der Waals surface area contributed by atoms with Crippen LogP contribution in [0, 0.1) is 55.2 Å². The van der Waals surface area contributed by atoms with Crippen molar-refractivity contribution in [1.29, 1.82) is 0 Å². The summed E-state index contributed by atoms with van der Waals surface area (Å²) in [5.41, 5.74) is -0.0471. The molecule has 0 rings (SSSR count). The summed E-state index contributed by atoms with van der Waals surface area (Å²) in [5.74, 6) is -0.551. The molecule has 0 aromatic heterocycles. The van der Waals surface area contributed by atoms with E-state index in [1.165, 1.54) is 141 Å². The van der Waals surface area contributed by atoms with Gasteiger partial charge in [-0.25, -0.2) is 9.59 Å². The SMILES string of the molecule is CCCC(CCC)(CCC)C(CCC)(CCC)C(CCC)(CCC)C(CCC)(CCC)C(OC(=O)/C=C/C(=O)OC(C(C)C)C(CCC)(CCC)C(CCC)(CCC)C(CCC)(CCC)C(CCC)(CCC)CCC)C(C)C. The molecule has 2 unspecified atom stereocenters. The van der Waals surface area contributed by atoms with Crippen molar-refractivity contribution in [2.24, 2.45) is 55.2 Å². The Labute approximate surface area is 491 Å². The molecular weight excluding hydrogens is 953 g/mol. The number of hydrogen-bond acceptors (Lipinski definition) is 4. The molecule has 0 heterocycles. The monoisotopic (exact) mass is 1100 g/mol. The largest absolute Gasteiger partial charge is 0.458 e. The Balaban J connectivity index is 8.88. The van der Waals surface area contributed by atoms with E-state index in [9.17, 15) is 0 Å². The zero-order valence-electron chi connectivity index (χ0n) is 57.6. The van der Waals surface area contributed by atoms with Gasteiger partial charge >= 0.3 is 11.9 Å². The molecule has 0 radical (unpaired) electrons. The van der Waals surface area contributed by atoms with Gasteiger partial charge in [-0.15, -0.1) is 0 Å². The highest BCUT2D eigenvalue weighted by atomic mass is 16.6. The van der Waals surface area contributed by atoms with Gasteiger partial charge in [0.05, 0.1) is 0 Å². The number of ether oxygens (including phenoxy) is 2. The molecule has 0 aromatic rings. The van der Waals surface area contributed by atoms with E-state index >= 15 is 9.59 Å². The summed E-state index contributed by atoms with van der Waals surface area (Å²) in [6, 6.07) is 0. The summed E-state index contributed by atoms with van der Waals surface area (Å²) in [6.45, 7) is 53.2. The lowest BCUT2D eigenvalue weighted by atomic mass is 9.34. The molecule has 2 atom stereocenters. The third-order valence-electron chi connectivity index (χ3n) is 21.5. The van der Waals surface area contributed by atoms with Crippen LogP contribution < -0.4 is 0 Å². The second-order valence-corrected chi connectivity index (χ2v) is 27.2. The lowest BCUT2D eigenvalue weighted by molar-refractivity contribution is -0.240. The molecule has 0 saturated carbocycles. The number of hydrogen-bond donors (Lipinski definition) is 0. The van der Waals surface area contributed by atoms with E-state index in [0.29, 0.717) is 0 Å². The van der Waals surface area contributed by atoms with E-state index in [2.05, 4.69) is 152 Å². The Kier molecular flexibility index (Phi) is 37.9. The summed E-state index contributed by atoms with van der Waals surface area (Å²) >= 11 is 0. The predicted octanol–water partition coefficient (Wildman–Crippen LogP) is 25.0. The van der Waals surface area contributed by atoms with Crippen LogP contribution in [0.4, 0.5) is 0 Å². The third-order valence-corrected chi connectivity index (χ3v) is 21.5. The quantitative estimate of drug-likeness (QED) is 0.0450. The first-order valence-electron chi connectivity index (χ1n) is 35.3. The van der Waals surface area contributed by atoms with Crippen LogP contribution in [0.25, 0.3) is 0 Å². The molecule has 0 aliphatic carbocycles. The average molecular weight is 1100 g/mol. The van der Waals surface area contributed by atoms with E-state index in [1.54, 1.807) is 0 Å². The number of rotatable bonds is 50. The van der Waals surface area contributed by atoms with Crippen molar-refractivity contribution in [2.45, 2.75) is 396 Å². The van der Waals surface area contributed by atoms with Crippen LogP contribution in [-0.2, 0) is 19.1 Å². The third kappa shape index (κ3) is 16.3. The highest BCUT2D eigenvalue weighted by molar-refractivity contribution is 5.91. The first-order valence-corrected chi connectivity index (χ1v) is 35.3. The molecule has 0 amide bonds. The van der Waals surface area contributed by atoms with Gasteiger partial charge in [-0.1, -0.05) is 268 Å². The number of esters is 2. The second-order valence-electron chi connectivity index (χ2n) is 27.2. The number of carbonyl (C=O) groups excluding carboxylic acids is 2. The predicted molar refractivity (Wildman–Crippen MR) is 346 cm³/mol. The standard InChI is InChI=1S/C74H144O4/c1-23-43-67(44-24-2,45-25-3)71(53-33-11,54-34-12)73(57-37-15,58-38-16)69(49-29-7,50-30-8)65(61(19)20)77-63(75)41-42-64(76)78-66(62(21)22)70(51-31-9,52-32-10)74(59-39-17,60-40-18)72(55-35-13,56-36-14)68(46-26-4,47-27-5)48-28-6/h41-42,61-62,65-66H,23-40,43-60H2,1-22H3/b42-41+. The van der Waals surface area contributed by atoms with Gasteiger partial charge in [-0.3, -0.25) is 0 Å². The smallest absolute Gasteiger partial charge is 0.331 e. The van der Waals surface area contributed by atoms with Gasteiger partial charge in [0.2, 0.25) is 0 Å². The molecule has 0 aliphatic heterocycles. The van der Waals surface area contributed by atoms with Crippen molar-refractivity contribution in [1.82, 2.24) is 0 Å². The Morgan fingerprint density at radius 2 is 0.436 bits per heavy atom. The van der Waals surface area contributed by atoms with Crippen molar-refractivity contribution in [3.05, 3.63) is 12.2 Å². The van der Waals surface area contributed by atoms with Crippen LogP contribution in [0.2, 0.25) is 0 Å². The van der Waals surface area contributed by atoms with Gasteiger partial charge in [-0.05, 0) is 160 Å². The van der Waals surface area contributed by atoms with E-state index in [1.807, 2.05) is 0 Å². The molecule has 464 valence electrons. The summed E-state index contributed by atoms with van der Waals surface area (Å²) in [5, 5.41) is 0. The maximum atomic E-state index is 15.2. The van der Waals surface area contributed by atoms with Crippen LogP contribution in [0.3, 0.4) is 0 Å². The molecule has 4 nitrogen and oxygen atoms in total. The van der Waals surface area contributed by atoms with Gasteiger partial charge < -0.3 is 9.47 Å². The van der Waals surface area contributed by atoms with Crippen molar-refractivity contribution in [3.63, 3.8) is 0 Å². The fourth-order valence-corrected chi connectivity index (χ4v) is 21.3. The summed E-state index contributed by atoms with van der Waals surface area (Å²) in [6.07, 6.45) is 44.2. The zero-order chi connectivity index (χ0) is 59.7. The van der Waals surface area contributed by atoms with Gasteiger partial charge in [0.25, 0.3) is 0 Å². The lowest BCUT2D eigenvalue weighted by Gasteiger charge is -2.70. The van der Waals surface area contributed by atoms with Gasteiger partial charge in [-0.2, -0.15) is 0 Å². The highest BCUT2D eigenvalue weighted by Gasteiger charge is 2.70.